The molecule has 3 rings (SSSR count). The number of methoxy groups -OCH3 is 1. The fraction of sp³-hybridized carbons (Fsp3) is 0.167. The highest BCUT2D eigenvalue weighted by molar-refractivity contribution is 5.74. The largest absolute Gasteiger partial charge is 0.469 e. The Hall–Kier alpha value is -3.53. The van der Waals surface area contributed by atoms with Crippen LogP contribution in [0.5, 0.6) is 0 Å². The first-order chi connectivity index (χ1) is 12.1. The second-order valence-electron chi connectivity index (χ2n) is 5.32. The monoisotopic (exact) mass is 333 g/mol. The molecule has 0 N–H and O–H groups in total. The zero-order valence-corrected chi connectivity index (χ0v) is 13.8. The van der Waals surface area contributed by atoms with Crippen LogP contribution in [0.4, 0.5) is 11.5 Å². The average molecular weight is 333 g/mol. The van der Waals surface area contributed by atoms with E-state index in [1.165, 1.54) is 7.11 Å². The maximum Gasteiger partial charge on any atom is 0.311 e. The third kappa shape index (κ3) is 3.23. The fourth-order valence-corrected chi connectivity index (χ4v) is 2.47. The number of hydrogen-bond acceptors (Lipinski definition) is 6. The van der Waals surface area contributed by atoms with Gasteiger partial charge in [-0.3, -0.25) is 9.20 Å². The zero-order valence-electron chi connectivity index (χ0n) is 13.8. The number of carbonyl (C=O) groups is 1. The van der Waals surface area contributed by atoms with Crippen molar-refractivity contribution in [1.29, 1.82) is 5.26 Å². The van der Waals surface area contributed by atoms with Crippen molar-refractivity contribution >= 4 is 23.1 Å². The highest BCUT2D eigenvalue weighted by Crippen LogP contribution is 2.27. The topological polar surface area (TPSA) is 92.1 Å². The predicted molar refractivity (Wildman–Crippen MR) is 91.0 cm³/mol. The Balaban J connectivity index is 2.13. The molecule has 0 saturated heterocycles. The van der Waals surface area contributed by atoms with Gasteiger partial charge in [0.1, 0.15) is 17.4 Å². The van der Waals surface area contributed by atoms with Crippen LogP contribution >= 0.6 is 0 Å². The van der Waals surface area contributed by atoms with Crippen LogP contribution in [-0.4, -0.2) is 22.5 Å². The Morgan fingerprint density at radius 1 is 1.24 bits per heavy atom. The second-order valence-corrected chi connectivity index (χ2v) is 5.32. The lowest BCUT2D eigenvalue weighted by molar-refractivity contribution is -0.139. The molecule has 0 aliphatic carbocycles. The summed E-state index contributed by atoms with van der Waals surface area (Å²) in [5.74, 6) is 0.0428. The minimum absolute atomic E-state index is 0.00807. The normalized spacial score (nSPS) is 10.9. The van der Waals surface area contributed by atoms with Gasteiger partial charge in [0.25, 0.3) is 0 Å². The van der Waals surface area contributed by atoms with Gasteiger partial charge in [0.05, 0.1) is 24.8 Å². The number of azo groups is 1. The van der Waals surface area contributed by atoms with Crippen LogP contribution in [0.2, 0.25) is 0 Å². The molecular formula is C18H15N5O2. The van der Waals surface area contributed by atoms with E-state index in [-0.39, 0.29) is 6.42 Å². The molecule has 0 spiro atoms. The molecule has 0 unspecified atom stereocenters. The van der Waals surface area contributed by atoms with Crippen molar-refractivity contribution in [2.24, 2.45) is 10.2 Å². The SMILES string of the molecule is COC(=O)Cc1nc2cccc(C)n2c1N=Nc1ccccc1C#N. The van der Waals surface area contributed by atoms with Gasteiger partial charge in [-0.15, -0.1) is 10.2 Å². The molecule has 3 aromatic rings. The van der Waals surface area contributed by atoms with Crippen LogP contribution in [0, 0.1) is 18.3 Å². The quantitative estimate of drug-likeness (QED) is 0.538. The Bertz CT molecular complexity index is 1010. The predicted octanol–water partition coefficient (Wildman–Crippen LogP) is 3.65. The number of pyridine rings is 1. The summed E-state index contributed by atoms with van der Waals surface area (Å²) in [5.41, 5.74) is 2.92. The van der Waals surface area contributed by atoms with E-state index in [4.69, 9.17) is 10.00 Å². The van der Waals surface area contributed by atoms with Gasteiger partial charge in [-0.2, -0.15) is 5.26 Å². The molecule has 2 heterocycles. The molecule has 0 fully saturated rings. The first-order valence-corrected chi connectivity index (χ1v) is 7.58. The first-order valence-electron chi connectivity index (χ1n) is 7.58. The highest BCUT2D eigenvalue weighted by atomic mass is 16.5. The Morgan fingerprint density at radius 3 is 2.80 bits per heavy atom. The van der Waals surface area contributed by atoms with Crippen molar-refractivity contribution in [1.82, 2.24) is 9.38 Å². The Labute approximate surface area is 144 Å². The van der Waals surface area contributed by atoms with Crippen molar-refractivity contribution < 1.29 is 9.53 Å². The van der Waals surface area contributed by atoms with Gasteiger partial charge < -0.3 is 4.74 Å². The smallest absolute Gasteiger partial charge is 0.311 e. The number of hydrogen-bond donors (Lipinski definition) is 0. The lowest BCUT2D eigenvalue weighted by Gasteiger charge is -2.02. The van der Waals surface area contributed by atoms with E-state index in [0.717, 1.165) is 5.69 Å². The van der Waals surface area contributed by atoms with E-state index in [1.54, 1.807) is 24.3 Å². The highest BCUT2D eigenvalue weighted by Gasteiger charge is 2.17. The summed E-state index contributed by atoms with van der Waals surface area (Å²) in [5, 5.41) is 17.6. The lowest BCUT2D eigenvalue weighted by atomic mass is 10.2. The summed E-state index contributed by atoms with van der Waals surface area (Å²) >= 11 is 0. The van der Waals surface area contributed by atoms with Crippen LogP contribution < -0.4 is 0 Å². The molecule has 0 aliphatic rings. The van der Waals surface area contributed by atoms with E-state index in [1.807, 2.05) is 29.5 Å². The Kier molecular flexibility index (Phi) is 4.53. The van der Waals surface area contributed by atoms with Gasteiger partial charge >= 0.3 is 5.97 Å². The molecule has 7 heteroatoms. The summed E-state index contributed by atoms with van der Waals surface area (Å²) in [4.78, 5) is 16.1. The lowest BCUT2D eigenvalue weighted by Crippen LogP contribution is -2.04. The van der Waals surface area contributed by atoms with Crippen molar-refractivity contribution in [3.05, 3.63) is 59.4 Å². The molecule has 0 saturated carbocycles. The number of ether oxygens (including phenoxy) is 1. The second kappa shape index (κ2) is 6.93. The molecule has 0 atom stereocenters. The van der Waals surface area contributed by atoms with Crippen molar-refractivity contribution in [2.75, 3.05) is 7.11 Å². The van der Waals surface area contributed by atoms with Crippen LogP contribution in [0.15, 0.2) is 52.7 Å². The molecule has 124 valence electrons. The number of nitrogens with zero attached hydrogens (tertiary/aromatic N) is 5. The zero-order chi connectivity index (χ0) is 17.8. The summed E-state index contributed by atoms with van der Waals surface area (Å²) in [6.45, 7) is 1.92. The van der Waals surface area contributed by atoms with Gasteiger partial charge in [0.15, 0.2) is 5.82 Å². The minimum atomic E-state index is -0.407. The van der Waals surface area contributed by atoms with Gasteiger partial charge in [-0.1, -0.05) is 18.2 Å². The number of nitriles is 1. The third-order valence-corrected chi connectivity index (χ3v) is 3.70. The number of benzene rings is 1. The number of esters is 1. The van der Waals surface area contributed by atoms with Gasteiger partial charge in [0, 0.05) is 5.69 Å². The van der Waals surface area contributed by atoms with Gasteiger partial charge in [-0.05, 0) is 31.2 Å². The van der Waals surface area contributed by atoms with E-state index in [9.17, 15) is 4.79 Å². The molecule has 0 radical (unpaired) electrons. The van der Waals surface area contributed by atoms with Crippen molar-refractivity contribution in [3.63, 3.8) is 0 Å². The number of aryl methyl sites for hydroxylation is 1. The number of imidazole rings is 1. The minimum Gasteiger partial charge on any atom is -0.469 e. The van der Waals surface area contributed by atoms with E-state index >= 15 is 0 Å². The molecule has 0 amide bonds. The number of fused-ring (bicyclic) bond motifs is 1. The van der Waals surface area contributed by atoms with Crippen molar-refractivity contribution in [2.45, 2.75) is 13.3 Å². The van der Waals surface area contributed by atoms with Gasteiger partial charge in [-0.25, -0.2) is 4.98 Å². The van der Waals surface area contributed by atoms with Crippen LogP contribution in [0.3, 0.4) is 0 Å². The maximum atomic E-state index is 11.7. The molecule has 0 aliphatic heterocycles. The van der Waals surface area contributed by atoms with Crippen molar-refractivity contribution in [3.8, 4) is 6.07 Å². The van der Waals surface area contributed by atoms with Crippen LogP contribution in [-0.2, 0) is 16.0 Å². The van der Waals surface area contributed by atoms with Gasteiger partial charge in [0.2, 0.25) is 0 Å². The molecule has 25 heavy (non-hydrogen) atoms. The Morgan fingerprint density at radius 2 is 2.04 bits per heavy atom. The molecule has 0 bridgehead atoms. The fourth-order valence-electron chi connectivity index (χ4n) is 2.47. The number of carbonyl (C=O) groups excluding carboxylic acids is 1. The van der Waals surface area contributed by atoms with Crippen LogP contribution in [0.1, 0.15) is 17.0 Å². The molecule has 1 aromatic carbocycles. The summed E-state index contributed by atoms with van der Waals surface area (Å²) < 4.78 is 6.55. The van der Waals surface area contributed by atoms with E-state index in [0.29, 0.717) is 28.4 Å². The molecule has 7 nitrogen and oxygen atoms in total. The maximum absolute atomic E-state index is 11.7. The third-order valence-electron chi connectivity index (χ3n) is 3.70. The average Bonchev–Trinajstić information content (AvgIpc) is 2.98. The molecule has 2 aromatic heterocycles. The number of aromatic nitrogens is 2. The van der Waals surface area contributed by atoms with Crippen LogP contribution in [0.25, 0.3) is 5.65 Å². The molecular weight excluding hydrogens is 318 g/mol. The summed E-state index contributed by atoms with van der Waals surface area (Å²) in [6.07, 6.45) is -0.00807. The standard InChI is InChI=1S/C18H15N5O2/c1-12-6-5-9-16-20-15(10-17(24)25-2)18(23(12)16)22-21-14-8-4-3-7-13(14)11-19/h3-9H,10H2,1-2H3. The van der Waals surface area contributed by atoms with E-state index in [2.05, 4.69) is 21.3 Å². The number of rotatable bonds is 4. The first kappa shape index (κ1) is 16.3. The summed E-state index contributed by atoms with van der Waals surface area (Å²) in [7, 11) is 1.33. The summed E-state index contributed by atoms with van der Waals surface area (Å²) in [6, 6.07) is 14.6. The van der Waals surface area contributed by atoms with E-state index < -0.39 is 5.97 Å².